The molecule has 0 radical (unpaired) electrons. The van der Waals surface area contributed by atoms with E-state index in [-0.39, 0.29) is 12.8 Å². The van der Waals surface area contributed by atoms with Gasteiger partial charge in [-0.15, -0.1) is 0 Å². The molecule has 0 aromatic carbocycles. The van der Waals surface area contributed by atoms with Crippen LogP contribution in [0.3, 0.4) is 0 Å². The average molecular weight is 383 g/mol. The molecule has 0 saturated heterocycles. The van der Waals surface area contributed by atoms with Crippen molar-refractivity contribution >= 4 is 23.8 Å². The summed E-state index contributed by atoms with van der Waals surface area (Å²) in [7, 11) is 0. The minimum atomic E-state index is -1.47. The first-order valence-corrected chi connectivity index (χ1v) is 9.77. The van der Waals surface area contributed by atoms with E-state index in [2.05, 4.69) is 11.3 Å². The molecular weight excluding hydrogens is 350 g/mol. The molecule has 0 aromatic heterocycles. The maximum absolute atomic E-state index is 12.6. The molecule has 1 unspecified atom stereocenters. The van der Waals surface area contributed by atoms with Crippen LogP contribution >= 0.6 is 0 Å². The van der Waals surface area contributed by atoms with Gasteiger partial charge < -0.3 is 9.84 Å². The third-order valence-corrected chi connectivity index (χ3v) is 4.18. The second-order valence-corrected chi connectivity index (χ2v) is 6.50. The largest absolute Gasteiger partial charge is 0.481 e. The normalized spacial score (nSPS) is 11.5. The summed E-state index contributed by atoms with van der Waals surface area (Å²) in [5, 5.41) is 9.12. The van der Waals surface area contributed by atoms with Gasteiger partial charge in [0.1, 0.15) is 6.04 Å². The van der Waals surface area contributed by atoms with E-state index in [1.165, 1.54) is 0 Å². The van der Waals surface area contributed by atoms with Crippen LogP contribution in [0.15, 0.2) is 12.8 Å². The smallest absolute Gasteiger partial charge is 0.334 e. The number of rotatable bonds is 15. The third-order valence-electron chi connectivity index (χ3n) is 4.18. The average Bonchev–Trinajstić information content (AvgIpc) is 2.61. The summed E-state index contributed by atoms with van der Waals surface area (Å²) in [4.78, 5) is 49.5. The number of carbonyl (C=O) groups is 4. The molecule has 0 saturated carbocycles. The number of carboxylic acids is 1. The Labute approximate surface area is 161 Å². The maximum Gasteiger partial charge on any atom is 0.334 e. The fourth-order valence-corrected chi connectivity index (χ4v) is 2.74. The van der Waals surface area contributed by atoms with E-state index in [4.69, 9.17) is 5.11 Å². The van der Waals surface area contributed by atoms with Crippen molar-refractivity contribution in [1.82, 2.24) is 4.90 Å². The topological polar surface area (TPSA) is 101 Å². The lowest BCUT2D eigenvalue weighted by molar-refractivity contribution is -0.161. The lowest BCUT2D eigenvalue weighted by Gasteiger charge is -2.27. The Kier molecular flexibility index (Phi) is 13.7. The molecule has 0 aromatic rings. The van der Waals surface area contributed by atoms with Crippen LogP contribution in [-0.2, 0) is 23.9 Å². The Morgan fingerprint density at radius 2 is 1.41 bits per heavy atom. The van der Waals surface area contributed by atoms with Gasteiger partial charge in [-0.05, 0) is 12.8 Å². The molecule has 0 aliphatic heterocycles. The summed E-state index contributed by atoms with van der Waals surface area (Å²) in [5.74, 6) is -3.31. The van der Waals surface area contributed by atoms with Crippen molar-refractivity contribution in [1.29, 1.82) is 0 Å². The fourth-order valence-electron chi connectivity index (χ4n) is 2.74. The number of hydrogen-bond donors (Lipinski definition) is 1. The number of aliphatic carboxylic acids is 1. The number of carbonyl (C=O) groups excluding carboxylic acids is 3. The van der Waals surface area contributed by atoms with E-state index in [0.29, 0.717) is 12.8 Å². The van der Waals surface area contributed by atoms with Gasteiger partial charge in [0.15, 0.2) is 0 Å². The van der Waals surface area contributed by atoms with E-state index in [9.17, 15) is 19.2 Å². The van der Waals surface area contributed by atoms with E-state index >= 15 is 0 Å². The molecule has 0 rings (SSSR count). The molecule has 0 heterocycles. The van der Waals surface area contributed by atoms with Gasteiger partial charge in [-0.25, -0.2) is 4.79 Å². The Hall–Kier alpha value is -2.18. The highest BCUT2D eigenvalue weighted by Gasteiger charge is 2.36. The molecule has 1 atom stereocenters. The zero-order valence-electron chi connectivity index (χ0n) is 16.6. The molecule has 0 aliphatic rings. The lowest BCUT2D eigenvalue weighted by atomic mass is 10.1. The van der Waals surface area contributed by atoms with Crippen LogP contribution in [0.1, 0.15) is 84.5 Å². The van der Waals surface area contributed by atoms with Crippen molar-refractivity contribution in [3.63, 3.8) is 0 Å². The molecule has 7 heteroatoms. The van der Waals surface area contributed by atoms with Crippen LogP contribution in [0.5, 0.6) is 0 Å². The molecule has 0 spiro atoms. The SMILES string of the molecule is C=COC(=O)C(CC(=O)O)N(C(=O)CCCCCC)C(=O)CCCCCC. The summed E-state index contributed by atoms with van der Waals surface area (Å²) in [6.07, 6.45) is 7.15. The highest BCUT2D eigenvalue weighted by molar-refractivity contribution is 6.00. The summed E-state index contributed by atoms with van der Waals surface area (Å²) in [5.41, 5.74) is 0. The van der Waals surface area contributed by atoms with Gasteiger partial charge in [0, 0.05) is 12.8 Å². The highest BCUT2D eigenvalue weighted by atomic mass is 16.5. The fraction of sp³-hybridized carbons (Fsp3) is 0.700. The van der Waals surface area contributed by atoms with Crippen LogP contribution in [0.25, 0.3) is 0 Å². The number of imide groups is 1. The van der Waals surface area contributed by atoms with Crippen LogP contribution < -0.4 is 0 Å². The van der Waals surface area contributed by atoms with Crippen molar-refractivity contribution in [3.05, 3.63) is 12.8 Å². The third kappa shape index (κ3) is 10.5. The minimum Gasteiger partial charge on any atom is -0.481 e. The Morgan fingerprint density at radius 3 is 1.78 bits per heavy atom. The zero-order valence-corrected chi connectivity index (χ0v) is 16.6. The Morgan fingerprint density at radius 1 is 0.926 bits per heavy atom. The number of carboxylic acid groups (broad SMARTS) is 1. The highest BCUT2D eigenvalue weighted by Crippen LogP contribution is 2.16. The van der Waals surface area contributed by atoms with Crippen LogP contribution in [-0.4, -0.2) is 39.8 Å². The Bertz CT molecular complexity index is 479. The van der Waals surface area contributed by atoms with E-state index < -0.39 is 36.2 Å². The van der Waals surface area contributed by atoms with Crippen molar-refractivity contribution in [2.45, 2.75) is 90.5 Å². The number of nitrogens with zero attached hydrogens (tertiary/aromatic N) is 1. The number of amides is 2. The maximum atomic E-state index is 12.6. The molecule has 0 aliphatic carbocycles. The molecule has 1 N–H and O–H groups in total. The minimum absolute atomic E-state index is 0.0954. The van der Waals surface area contributed by atoms with Crippen LogP contribution in [0.4, 0.5) is 0 Å². The monoisotopic (exact) mass is 383 g/mol. The van der Waals surface area contributed by atoms with E-state index in [0.717, 1.165) is 49.7 Å². The molecule has 0 fully saturated rings. The van der Waals surface area contributed by atoms with Gasteiger partial charge in [-0.2, -0.15) is 0 Å². The molecule has 27 heavy (non-hydrogen) atoms. The van der Waals surface area contributed by atoms with Crippen molar-refractivity contribution in [2.24, 2.45) is 0 Å². The molecule has 154 valence electrons. The molecule has 7 nitrogen and oxygen atoms in total. The second kappa shape index (κ2) is 14.9. The summed E-state index contributed by atoms with van der Waals surface area (Å²) in [6.45, 7) is 7.36. The number of hydrogen-bond acceptors (Lipinski definition) is 5. The number of unbranched alkanes of at least 4 members (excludes halogenated alkanes) is 6. The summed E-state index contributed by atoms with van der Waals surface area (Å²) in [6, 6.07) is -1.47. The van der Waals surface area contributed by atoms with Gasteiger partial charge in [0.25, 0.3) is 0 Å². The van der Waals surface area contributed by atoms with Crippen molar-refractivity contribution < 1.29 is 29.0 Å². The summed E-state index contributed by atoms with van der Waals surface area (Å²) >= 11 is 0. The van der Waals surface area contributed by atoms with Crippen LogP contribution in [0, 0.1) is 0 Å². The molecular formula is C20H33NO6. The van der Waals surface area contributed by atoms with Crippen molar-refractivity contribution in [2.75, 3.05) is 0 Å². The predicted molar refractivity (Wildman–Crippen MR) is 102 cm³/mol. The Balaban J connectivity index is 5.31. The van der Waals surface area contributed by atoms with Crippen LogP contribution in [0.2, 0.25) is 0 Å². The van der Waals surface area contributed by atoms with E-state index in [1.807, 2.05) is 13.8 Å². The van der Waals surface area contributed by atoms with Gasteiger partial charge >= 0.3 is 11.9 Å². The molecule has 2 amide bonds. The van der Waals surface area contributed by atoms with Gasteiger partial charge in [0.2, 0.25) is 11.8 Å². The zero-order chi connectivity index (χ0) is 20.7. The van der Waals surface area contributed by atoms with E-state index in [1.54, 1.807) is 0 Å². The number of esters is 1. The quantitative estimate of drug-likeness (QED) is 0.262. The first-order chi connectivity index (χ1) is 12.9. The predicted octanol–water partition coefficient (Wildman–Crippen LogP) is 3.81. The first-order valence-electron chi connectivity index (χ1n) is 9.77. The standard InChI is InChI=1S/C20H33NO6/c1-4-7-9-11-13-17(22)21(18(23)14-12-10-8-5-2)16(15-19(24)25)20(26)27-6-3/h6,16H,3-5,7-15H2,1-2H3,(H,24,25). The summed E-state index contributed by atoms with van der Waals surface area (Å²) < 4.78 is 4.69. The van der Waals surface area contributed by atoms with Gasteiger partial charge in [-0.3, -0.25) is 19.3 Å². The second-order valence-electron chi connectivity index (χ2n) is 6.50. The number of ether oxygens (including phenoxy) is 1. The molecule has 0 bridgehead atoms. The first kappa shape index (κ1) is 24.8. The lowest BCUT2D eigenvalue weighted by Crippen LogP contribution is -2.50. The van der Waals surface area contributed by atoms with Gasteiger partial charge in [-0.1, -0.05) is 59.0 Å². The van der Waals surface area contributed by atoms with Gasteiger partial charge in [0.05, 0.1) is 12.7 Å². The van der Waals surface area contributed by atoms with Crippen molar-refractivity contribution in [3.8, 4) is 0 Å².